The second-order valence-electron chi connectivity index (χ2n) is 6.07. The number of nitrogens with one attached hydrogen (secondary N) is 2. The smallest absolute Gasteiger partial charge is 0.191 e. The monoisotopic (exact) mass is 392 g/mol. The third-order valence-electron chi connectivity index (χ3n) is 4.08. The van der Waals surface area contributed by atoms with Crippen LogP contribution in [0.4, 0.5) is 4.39 Å². The van der Waals surface area contributed by atoms with E-state index in [0.29, 0.717) is 18.5 Å². The summed E-state index contributed by atoms with van der Waals surface area (Å²) in [4.78, 5) is 4.62. The largest absolute Gasteiger partial charge is 0.356 e. The van der Waals surface area contributed by atoms with Crippen LogP contribution in [0.1, 0.15) is 24.7 Å². The minimum absolute atomic E-state index is 0.162. The first-order chi connectivity index (χ1) is 13.2. The lowest BCUT2D eigenvalue weighted by Crippen LogP contribution is -2.40. The molecule has 1 aromatic carbocycles. The van der Waals surface area contributed by atoms with E-state index < -0.39 is 0 Å². The van der Waals surface area contributed by atoms with Crippen LogP contribution in [0, 0.1) is 5.82 Å². The third kappa shape index (κ3) is 7.58. The van der Waals surface area contributed by atoms with Gasteiger partial charge in [-0.3, -0.25) is 4.99 Å². The summed E-state index contributed by atoms with van der Waals surface area (Å²) in [5, 5.41) is 14.7. The Morgan fingerprint density at radius 3 is 2.85 bits per heavy atom. The van der Waals surface area contributed by atoms with Crippen molar-refractivity contribution in [3.05, 3.63) is 47.8 Å². The first-order valence-corrected chi connectivity index (χ1v) is 10.7. The summed E-state index contributed by atoms with van der Waals surface area (Å²) >= 11 is 1.82. The number of aliphatic imine (C=N–C) groups is 1. The number of thioether (sulfide) groups is 1. The summed E-state index contributed by atoms with van der Waals surface area (Å²) in [6, 6.07) is 6.88. The molecule has 2 aromatic rings. The first kappa shape index (κ1) is 21.2. The first-order valence-electron chi connectivity index (χ1n) is 9.35. The number of benzene rings is 1. The molecule has 0 saturated carbocycles. The van der Waals surface area contributed by atoms with Gasteiger partial charge in [-0.2, -0.15) is 11.8 Å². The van der Waals surface area contributed by atoms with Crippen LogP contribution in [-0.2, 0) is 19.4 Å². The maximum Gasteiger partial charge on any atom is 0.191 e. The van der Waals surface area contributed by atoms with Gasteiger partial charge in [0.15, 0.2) is 5.96 Å². The highest BCUT2D eigenvalue weighted by Gasteiger charge is 2.04. The molecule has 0 radical (unpaired) electrons. The van der Waals surface area contributed by atoms with Crippen molar-refractivity contribution in [1.29, 1.82) is 0 Å². The molecule has 2 N–H and O–H groups in total. The van der Waals surface area contributed by atoms with Crippen LogP contribution in [0.2, 0.25) is 0 Å². The molecule has 27 heavy (non-hydrogen) atoms. The van der Waals surface area contributed by atoms with Gasteiger partial charge in [0, 0.05) is 32.6 Å². The van der Waals surface area contributed by atoms with Crippen molar-refractivity contribution in [2.24, 2.45) is 4.99 Å². The normalized spacial score (nSPS) is 11.6. The van der Waals surface area contributed by atoms with Crippen molar-refractivity contribution in [2.75, 3.05) is 31.6 Å². The molecule has 0 aliphatic heterocycles. The zero-order valence-corrected chi connectivity index (χ0v) is 16.9. The standard InChI is InChI=1S/C19H29FN6S/c1-3-18-25-24-15-26(18)13-12-23-19(21-10-6-14-27-2)22-11-9-16-7-4-5-8-17(16)20/h4-5,7-8,15H,3,6,9-14H2,1-2H3,(H2,21,22,23). The zero-order chi connectivity index (χ0) is 19.3. The summed E-state index contributed by atoms with van der Waals surface area (Å²) in [7, 11) is 0. The van der Waals surface area contributed by atoms with Crippen LogP contribution in [0.5, 0.6) is 0 Å². The molecule has 0 saturated heterocycles. The lowest BCUT2D eigenvalue weighted by molar-refractivity contribution is 0.605. The Hall–Kier alpha value is -2.09. The molecule has 0 atom stereocenters. The second-order valence-corrected chi connectivity index (χ2v) is 7.05. The Morgan fingerprint density at radius 1 is 1.26 bits per heavy atom. The lowest BCUT2D eigenvalue weighted by Gasteiger charge is -2.14. The molecule has 148 valence electrons. The van der Waals surface area contributed by atoms with Gasteiger partial charge in [0.2, 0.25) is 0 Å². The molecule has 8 heteroatoms. The highest BCUT2D eigenvalue weighted by Crippen LogP contribution is 2.06. The molecule has 0 aliphatic rings. The molecule has 1 aromatic heterocycles. The number of halogens is 1. The maximum absolute atomic E-state index is 13.7. The number of hydrogen-bond acceptors (Lipinski definition) is 4. The number of rotatable bonds is 11. The van der Waals surface area contributed by atoms with Crippen LogP contribution in [0.15, 0.2) is 35.6 Å². The third-order valence-corrected chi connectivity index (χ3v) is 4.78. The van der Waals surface area contributed by atoms with Gasteiger partial charge in [-0.15, -0.1) is 10.2 Å². The van der Waals surface area contributed by atoms with Gasteiger partial charge in [-0.25, -0.2) is 4.39 Å². The second kappa shape index (κ2) is 12.3. The van der Waals surface area contributed by atoms with Crippen molar-refractivity contribution < 1.29 is 4.39 Å². The molecule has 0 spiro atoms. The van der Waals surface area contributed by atoms with Gasteiger partial charge in [-0.1, -0.05) is 25.1 Å². The number of aryl methyl sites for hydroxylation is 1. The molecule has 0 unspecified atom stereocenters. The molecule has 1 heterocycles. The zero-order valence-electron chi connectivity index (χ0n) is 16.1. The molecule has 0 amide bonds. The summed E-state index contributed by atoms with van der Waals surface area (Å²) in [6.07, 6.45) is 6.36. The van der Waals surface area contributed by atoms with Gasteiger partial charge in [0.25, 0.3) is 0 Å². The average molecular weight is 393 g/mol. The fraction of sp³-hybridized carbons (Fsp3) is 0.526. The Balaban J connectivity index is 1.83. The Morgan fingerprint density at radius 2 is 2.07 bits per heavy atom. The van der Waals surface area contributed by atoms with E-state index in [0.717, 1.165) is 50.0 Å². The summed E-state index contributed by atoms with van der Waals surface area (Å²) < 4.78 is 15.8. The minimum atomic E-state index is -0.162. The lowest BCUT2D eigenvalue weighted by atomic mass is 10.1. The van der Waals surface area contributed by atoms with Crippen molar-refractivity contribution in [1.82, 2.24) is 25.4 Å². The fourth-order valence-electron chi connectivity index (χ4n) is 2.62. The van der Waals surface area contributed by atoms with Crippen LogP contribution in [-0.4, -0.2) is 52.4 Å². The highest BCUT2D eigenvalue weighted by atomic mass is 32.2. The van der Waals surface area contributed by atoms with Gasteiger partial charge in [-0.05, 0) is 36.5 Å². The van der Waals surface area contributed by atoms with Crippen LogP contribution >= 0.6 is 11.8 Å². The van der Waals surface area contributed by atoms with E-state index in [1.54, 1.807) is 12.4 Å². The Labute approximate surface area is 165 Å². The van der Waals surface area contributed by atoms with Crippen LogP contribution in [0.25, 0.3) is 0 Å². The van der Waals surface area contributed by atoms with E-state index in [-0.39, 0.29) is 5.82 Å². The number of guanidine groups is 1. The van der Waals surface area contributed by atoms with Gasteiger partial charge in [0.05, 0.1) is 0 Å². The van der Waals surface area contributed by atoms with Crippen molar-refractivity contribution in [3.8, 4) is 0 Å². The van der Waals surface area contributed by atoms with Crippen LogP contribution < -0.4 is 10.6 Å². The maximum atomic E-state index is 13.7. The van der Waals surface area contributed by atoms with E-state index in [9.17, 15) is 4.39 Å². The molecule has 2 rings (SSSR count). The average Bonchev–Trinajstić information content (AvgIpc) is 3.13. The summed E-state index contributed by atoms with van der Waals surface area (Å²) in [5.41, 5.74) is 0.712. The van der Waals surface area contributed by atoms with E-state index in [4.69, 9.17) is 0 Å². The van der Waals surface area contributed by atoms with E-state index >= 15 is 0 Å². The molecular formula is C19H29FN6S. The van der Waals surface area contributed by atoms with Crippen molar-refractivity contribution in [3.63, 3.8) is 0 Å². The van der Waals surface area contributed by atoms with E-state index in [2.05, 4.69) is 39.0 Å². The molecule has 0 aliphatic carbocycles. The van der Waals surface area contributed by atoms with Crippen molar-refractivity contribution in [2.45, 2.75) is 32.7 Å². The summed E-state index contributed by atoms with van der Waals surface area (Å²) in [6.45, 7) is 4.95. The Kier molecular flexibility index (Phi) is 9.68. The minimum Gasteiger partial charge on any atom is -0.356 e. The molecule has 0 bridgehead atoms. The number of nitrogens with zero attached hydrogens (tertiary/aromatic N) is 4. The predicted molar refractivity (Wildman–Crippen MR) is 111 cm³/mol. The highest BCUT2D eigenvalue weighted by molar-refractivity contribution is 7.98. The quantitative estimate of drug-likeness (QED) is 0.349. The fourth-order valence-corrected chi connectivity index (χ4v) is 3.04. The van der Waals surface area contributed by atoms with Crippen LogP contribution in [0.3, 0.4) is 0 Å². The topological polar surface area (TPSA) is 67.1 Å². The van der Waals surface area contributed by atoms with Gasteiger partial charge < -0.3 is 15.2 Å². The van der Waals surface area contributed by atoms with Gasteiger partial charge >= 0.3 is 0 Å². The Bertz CT molecular complexity index is 703. The van der Waals surface area contributed by atoms with E-state index in [1.165, 1.54) is 6.07 Å². The SMILES string of the molecule is CCc1nncn1CCNC(=NCCCSC)NCCc1ccccc1F. The van der Waals surface area contributed by atoms with E-state index in [1.807, 2.05) is 28.5 Å². The number of hydrogen-bond donors (Lipinski definition) is 2. The van der Waals surface area contributed by atoms with Gasteiger partial charge in [0.1, 0.15) is 18.0 Å². The summed E-state index contributed by atoms with van der Waals surface area (Å²) in [5.74, 6) is 2.67. The molecule has 6 nitrogen and oxygen atoms in total. The number of aromatic nitrogens is 3. The van der Waals surface area contributed by atoms with Crippen molar-refractivity contribution >= 4 is 17.7 Å². The predicted octanol–water partition coefficient (Wildman–Crippen LogP) is 2.51. The molecule has 0 fully saturated rings. The molecular weight excluding hydrogens is 363 g/mol.